The first kappa shape index (κ1) is 33.6. The molecule has 0 aliphatic carbocycles. The molecular formula is C28H49NO2S2. The zero-order valence-corrected chi connectivity index (χ0v) is 20.6. The van der Waals surface area contributed by atoms with E-state index in [1.807, 2.05) is 4.57 Å². The zero-order valence-electron chi connectivity index (χ0n) is 18.9. The number of hydrogen-bond donors (Lipinski definition) is 0. The molecule has 3 nitrogen and oxygen atoms in total. The zero-order chi connectivity index (χ0) is 21.5. The van der Waals surface area contributed by atoms with E-state index < -0.39 is 0 Å². The highest BCUT2D eigenvalue weighted by atomic mass is 32.1. The van der Waals surface area contributed by atoms with E-state index in [0.717, 1.165) is 35.4 Å². The molecule has 0 bridgehead atoms. The second-order valence-corrected chi connectivity index (χ2v) is 12.3. The minimum Gasteiger partial charge on any atom is -0.407 e. The van der Waals surface area contributed by atoms with Gasteiger partial charge in [-0.3, -0.25) is 4.57 Å². The molecule has 3 heterocycles. The Morgan fingerprint density at radius 2 is 1.39 bits per heavy atom. The maximum absolute atomic E-state index is 13.1. The minimum atomic E-state index is -0.242. The number of oxazole rings is 1. The van der Waals surface area contributed by atoms with Crippen LogP contribution in [0.2, 0.25) is 0 Å². The Balaban J connectivity index is 0. The molecule has 0 aliphatic heterocycles. The third kappa shape index (κ3) is 7.45. The van der Waals surface area contributed by atoms with E-state index in [4.69, 9.17) is 4.42 Å². The summed E-state index contributed by atoms with van der Waals surface area (Å²) >= 11 is 3.53. The third-order valence-corrected chi connectivity index (χ3v) is 7.33. The summed E-state index contributed by atoms with van der Waals surface area (Å²) in [6, 6.07) is 4.34. The predicted molar refractivity (Wildman–Crippen MR) is 153 cm³/mol. The van der Waals surface area contributed by atoms with Gasteiger partial charge >= 0.3 is 5.76 Å². The van der Waals surface area contributed by atoms with Gasteiger partial charge in [-0.15, -0.1) is 22.7 Å². The molecule has 3 rings (SSSR count). The highest BCUT2D eigenvalue weighted by Crippen LogP contribution is 2.41. The Kier molecular flexibility index (Phi) is 13.0. The van der Waals surface area contributed by atoms with Crippen molar-refractivity contribution in [3.05, 3.63) is 42.2 Å². The fourth-order valence-electron chi connectivity index (χ4n) is 4.21. The van der Waals surface area contributed by atoms with Crippen molar-refractivity contribution in [2.45, 2.75) is 104 Å². The number of aromatic nitrogens is 1. The minimum absolute atomic E-state index is 0. The van der Waals surface area contributed by atoms with Crippen molar-refractivity contribution < 1.29 is 4.42 Å². The van der Waals surface area contributed by atoms with Crippen LogP contribution in [0.3, 0.4) is 0 Å². The van der Waals surface area contributed by atoms with Crippen molar-refractivity contribution in [2.24, 2.45) is 11.3 Å². The summed E-state index contributed by atoms with van der Waals surface area (Å²) in [4.78, 5) is 18.0. The van der Waals surface area contributed by atoms with Crippen molar-refractivity contribution >= 4 is 22.7 Å². The first-order chi connectivity index (χ1) is 13.5. The summed E-state index contributed by atoms with van der Waals surface area (Å²) in [7, 11) is 0. The van der Waals surface area contributed by atoms with Crippen LogP contribution in [0.1, 0.15) is 89.8 Å². The van der Waals surface area contributed by atoms with Crippen LogP contribution in [0.4, 0.5) is 0 Å². The van der Waals surface area contributed by atoms with Gasteiger partial charge in [-0.05, 0) is 57.6 Å². The standard InChI is InChI=1S/C24H33NO2S2.4CH4/c1-9-18(12-24(6,7)8)13-25-21(19-10-14(2)28-16(19)4)22(27-23(25)26)20-11-15(3)29-17(20)5;;;;/h10-11,18H,9,12-13H2,1-8H3;4*1H4. The predicted octanol–water partition coefficient (Wildman–Crippen LogP) is 10.1. The van der Waals surface area contributed by atoms with Crippen molar-refractivity contribution in [3.63, 3.8) is 0 Å². The monoisotopic (exact) mass is 495 g/mol. The summed E-state index contributed by atoms with van der Waals surface area (Å²) in [6.07, 6.45) is 2.12. The molecule has 5 heteroatoms. The SMILES string of the molecule is C.C.C.C.CCC(Cn1c(-c2cc(C)sc2C)c(-c2cc(C)sc2C)oc1=O)CC(C)(C)C. The molecule has 0 fully saturated rings. The molecule has 0 saturated carbocycles. The van der Waals surface area contributed by atoms with Gasteiger partial charge in [0.25, 0.3) is 0 Å². The Hall–Kier alpha value is -1.59. The Bertz CT molecular complexity index is 1060. The van der Waals surface area contributed by atoms with E-state index in [2.05, 4.69) is 67.5 Å². The maximum atomic E-state index is 13.1. The van der Waals surface area contributed by atoms with Crippen LogP contribution in [0, 0.1) is 39.0 Å². The summed E-state index contributed by atoms with van der Waals surface area (Å²) in [5.41, 5.74) is 3.35. The van der Waals surface area contributed by atoms with Gasteiger partial charge in [0.1, 0.15) is 0 Å². The molecule has 3 aromatic heterocycles. The number of aryl methyl sites for hydroxylation is 4. The van der Waals surface area contributed by atoms with Crippen molar-refractivity contribution in [1.82, 2.24) is 4.57 Å². The quantitative estimate of drug-likeness (QED) is 0.341. The van der Waals surface area contributed by atoms with E-state index >= 15 is 0 Å². The molecule has 0 aromatic carbocycles. The summed E-state index contributed by atoms with van der Waals surface area (Å²) < 4.78 is 7.84. The van der Waals surface area contributed by atoms with Crippen LogP contribution in [0.25, 0.3) is 22.6 Å². The average molecular weight is 496 g/mol. The number of hydrogen-bond acceptors (Lipinski definition) is 4. The molecular weight excluding hydrogens is 446 g/mol. The van der Waals surface area contributed by atoms with Gasteiger partial charge < -0.3 is 4.42 Å². The number of rotatable bonds is 6. The highest BCUT2D eigenvalue weighted by Gasteiger charge is 2.27. The molecule has 0 spiro atoms. The van der Waals surface area contributed by atoms with E-state index in [1.54, 1.807) is 22.7 Å². The van der Waals surface area contributed by atoms with Crippen LogP contribution in [0.5, 0.6) is 0 Å². The van der Waals surface area contributed by atoms with Gasteiger partial charge in [0, 0.05) is 37.2 Å². The lowest BCUT2D eigenvalue weighted by Crippen LogP contribution is -2.24. The van der Waals surface area contributed by atoms with Gasteiger partial charge in [0.15, 0.2) is 5.76 Å². The Morgan fingerprint density at radius 3 is 1.79 bits per heavy atom. The summed E-state index contributed by atoms with van der Waals surface area (Å²) in [5.74, 6) is 0.916. The van der Waals surface area contributed by atoms with Gasteiger partial charge in [-0.1, -0.05) is 63.8 Å². The lowest BCUT2D eigenvalue weighted by molar-refractivity contribution is 0.260. The first-order valence-electron chi connectivity index (χ1n) is 10.4. The van der Waals surface area contributed by atoms with E-state index in [-0.39, 0.29) is 40.9 Å². The van der Waals surface area contributed by atoms with Crippen LogP contribution < -0.4 is 5.76 Å². The largest absolute Gasteiger partial charge is 0.420 e. The Labute approximate surface area is 211 Å². The van der Waals surface area contributed by atoms with E-state index in [0.29, 0.717) is 12.5 Å². The molecule has 0 aliphatic rings. The molecule has 33 heavy (non-hydrogen) atoms. The van der Waals surface area contributed by atoms with Crippen molar-refractivity contribution in [2.75, 3.05) is 0 Å². The fourth-order valence-corrected chi connectivity index (χ4v) is 6.05. The lowest BCUT2D eigenvalue weighted by Gasteiger charge is -2.25. The van der Waals surface area contributed by atoms with Gasteiger partial charge in [-0.25, -0.2) is 4.79 Å². The molecule has 3 aromatic rings. The highest BCUT2D eigenvalue weighted by molar-refractivity contribution is 7.12. The summed E-state index contributed by atoms with van der Waals surface area (Å²) in [5, 5.41) is 0. The molecule has 0 N–H and O–H groups in total. The van der Waals surface area contributed by atoms with Crippen molar-refractivity contribution in [1.29, 1.82) is 0 Å². The first-order valence-corrected chi connectivity index (χ1v) is 12.0. The average Bonchev–Trinajstić information content (AvgIpc) is 3.21. The van der Waals surface area contributed by atoms with Crippen molar-refractivity contribution in [3.8, 4) is 22.6 Å². The molecule has 1 unspecified atom stereocenters. The molecule has 190 valence electrons. The van der Waals surface area contributed by atoms with E-state index in [9.17, 15) is 4.79 Å². The van der Waals surface area contributed by atoms with Crippen LogP contribution in [-0.2, 0) is 6.54 Å². The fraction of sp³-hybridized carbons (Fsp3) is 0.607. The van der Waals surface area contributed by atoms with Crippen LogP contribution in [-0.4, -0.2) is 4.57 Å². The second kappa shape index (κ2) is 12.8. The van der Waals surface area contributed by atoms with Gasteiger partial charge in [0.05, 0.1) is 5.69 Å². The number of nitrogens with zero attached hydrogens (tertiary/aromatic N) is 1. The van der Waals surface area contributed by atoms with Crippen LogP contribution >= 0.6 is 22.7 Å². The Morgan fingerprint density at radius 1 is 0.909 bits per heavy atom. The number of thiophene rings is 2. The smallest absolute Gasteiger partial charge is 0.407 e. The normalized spacial score (nSPS) is 11.6. The van der Waals surface area contributed by atoms with E-state index in [1.165, 1.54) is 19.5 Å². The second-order valence-electron chi connectivity index (χ2n) is 9.35. The third-order valence-electron chi connectivity index (χ3n) is 5.40. The lowest BCUT2D eigenvalue weighted by atomic mass is 9.83. The molecule has 1 atom stereocenters. The molecule has 0 radical (unpaired) electrons. The summed E-state index contributed by atoms with van der Waals surface area (Å²) in [6.45, 7) is 18.2. The van der Waals surface area contributed by atoms with Gasteiger partial charge in [-0.2, -0.15) is 0 Å². The molecule has 0 saturated heterocycles. The maximum Gasteiger partial charge on any atom is 0.420 e. The topological polar surface area (TPSA) is 35.1 Å². The van der Waals surface area contributed by atoms with Gasteiger partial charge in [0.2, 0.25) is 0 Å². The molecule has 0 amide bonds. The van der Waals surface area contributed by atoms with Crippen LogP contribution in [0.15, 0.2) is 21.3 Å².